The molecule has 21 heavy (non-hydrogen) atoms. The molecule has 0 saturated heterocycles. The van der Waals surface area contributed by atoms with E-state index >= 15 is 0 Å². The van der Waals surface area contributed by atoms with Gasteiger partial charge in [-0.2, -0.15) is 0 Å². The van der Waals surface area contributed by atoms with E-state index in [-0.39, 0.29) is 5.54 Å². The first-order chi connectivity index (χ1) is 9.83. The molecule has 0 radical (unpaired) electrons. The largest absolute Gasteiger partial charge is 0.312 e. The van der Waals surface area contributed by atoms with E-state index in [4.69, 9.17) is 0 Å². The number of hydrogen-bond acceptors (Lipinski definition) is 2. The van der Waals surface area contributed by atoms with Gasteiger partial charge in [-0.15, -0.1) is 0 Å². The highest BCUT2D eigenvalue weighted by Gasteiger charge is 2.29. The number of halogens is 1. The van der Waals surface area contributed by atoms with E-state index in [0.717, 1.165) is 35.2 Å². The summed E-state index contributed by atoms with van der Waals surface area (Å²) in [5, 5.41) is 3.70. The van der Waals surface area contributed by atoms with Crippen LogP contribution in [0.25, 0.3) is 0 Å². The zero-order valence-corrected chi connectivity index (χ0v) is 15.4. The molecule has 2 rings (SSSR count). The first-order valence-corrected chi connectivity index (χ1v) is 8.98. The van der Waals surface area contributed by atoms with Crippen molar-refractivity contribution in [1.29, 1.82) is 0 Å². The maximum atomic E-state index is 4.57. The van der Waals surface area contributed by atoms with Gasteiger partial charge in [-0.3, -0.25) is 4.98 Å². The molecule has 3 atom stereocenters. The average molecular weight is 353 g/mol. The monoisotopic (exact) mass is 352 g/mol. The summed E-state index contributed by atoms with van der Waals surface area (Å²) < 4.78 is 1.06. The summed E-state index contributed by atoms with van der Waals surface area (Å²) in [6.45, 7) is 10.3. The maximum Gasteiger partial charge on any atom is 0.0413 e. The van der Waals surface area contributed by atoms with Crippen LogP contribution in [0, 0.1) is 17.8 Å². The Kier molecular flexibility index (Phi) is 5.84. The topological polar surface area (TPSA) is 24.9 Å². The van der Waals surface area contributed by atoms with Crippen LogP contribution in [0.1, 0.15) is 52.7 Å². The van der Waals surface area contributed by atoms with Crippen molar-refractivity contribution >= 4 is 15.9 Å². The van der Waals surface area contributed by atoms with E-state index < -0.39 is 0 Å². The zero-order chi connectivity index (χ0) is 15.5. The van der Waals surface area contributed by atoms with Crippen molar-refractivity contribution < 1.29 is 0 Å². The summed E-state index contributed by atoms with van der Waals surface area (Å²) in [5.74, 6) is 2.40. The summed E-state index contributed by atoms with van der Waals surface area (Å²) >= 11 is 3.47. The SMILES string of the molecule is CC1CCC(CNC(C)(C)C)C(Cc2ccc(Br)cn2)C1. The van der Waals surface area contributed by atoms with Gasteiger partial charge in [0, 0.05) is 21.9 Å². The smallest absolute Gasteiger partial charge is 0.0413 e. The van der Waals surface area contributed by atoms with Gasteiger partial charge < -0.3 is 5.32 Å². The van der Waals surface area contributed by atoms with Crippen LogP contribution in [-0.2, 0) is 6.42 Å². The fourth-order valence-electron chi connectivity index (χ4n) is 3.31. The van der Waals surface area contributed by atoms with E-state index in [1.165, 1.54) is 25.0 Å². The first-order valence-electron chi connectivity index (χ1n) is 8.19. The normalized spacial score (nSPS) is 26.8. The number of pyridine rings is 1. The van der Waals surface area contributed by atoms with Crippen molar-refractivity contribution in [2.75, 3.05) is 6.54 Å². The molecule has 2 nitrogen and oxygen atoms in total. The second kappa shape index (κ2) is 7.23. The molecule has 3 unspecified atom stereocenters. The number of hydrogen-bond donors (Lipinski definition) is 1. The minimum atomic E-state index is 0.212. The van der Waals surface area contributed by atoms with E-state index in [0.29, 0.717) is 0 Å². The van der Waals surface area contributed by atoms with Crippen LogP contribution in [0.15, 0.2) is 22.8 Å². The van der Waals surface area contributed by atoms with Crippen LogP contribution < -0.4 is 5.32 Å². The summed E-state index contributed by atoms with van der Waals surface area (Å²) in [6, 6.07) is 4.27. The molecule has 118 valence electrons. The molecule has 1 heterocycles. The van der Waals surface area contributed by atoms with Gasteiger partial charge in [0.15, 0.2) is 0 Å². The Hall–Kier alpha value is -0.410. The predicted octanol–water partition coefficient (Wildman–Crippen LogP) is 4.83. The average Bonchev–Trinajstić information content (AvgIpc) is 2.39. The second-order valence-corrected chi connectivity index (χ2v) is 8.66. The first kappa shape index (κ1) is 17.0. The Balaban J connectivity index is 1.99. The van der Waals surface area contributed by atoms with E-state index in [1.807, 2.05) is 6.20 Å². The molecule has 0 amide bonds. The van der Waals surface area contributed by atoms with E-state index in [9.17, 15) is 0 Å². The van der Waals surface area contributed by atoms with Crippen molar-refractivity contribution in [3.05, 3.63) is 28.5 Å². The fraction of sp³-hybridized carbons (Fsp3) is 0.722. The molecule has 0 bridgehead atoms. The standard InChI is InChI=1S/C18H29BrN2/c1-13-5-6-14(11-21-18(2,3)4)15(9-13)10-17-8-7-16(19)12-20-17/h7-8,12-15,21H,5-6,9-11H2,1-4H3. The maximum absolute atomic E-state index is 4.57. The number of nitrogens with zero attached hydrogens (tertiary/aromatic N) is 1. The highest BCUT2D eigenvalue weighted by atomic mass is 79.9. The molecule has 1 N–H and O–H groups in total. The zero-order valence-electron chi connectivity index (χ0n) is 13.8. The van der Waals surface area contributed by atoms with Gasteiger partial charge in [0.25, 0.3) is 0 Å². The minimum Gasteiger partial charge on any atom is -0.312 e. The van der Waals surface area contributed by atoms with E-state index in [2.05, 4.69) is 66.1 Å². The molecule has 0 aliphatic heterocycles. The molecule has 1 aromatic rings. The van der Waals surface area contributed by atoms with Gasteiger partial charge in [0.2, 0.25) is 0 Å². The van der Waals surface area contributed by atoms with Gasteiger partial charge in [-0.05, 0) is 92.4 Å². The quantitative estimate of drug-likeness (QED) is 0.839. The lowest BCUT2D eigenvalue weighted by atomic mass is 9.72. The highest BCUT2D eigenvalue weighted by molar-refractivity contribution is 9.10. The van der Waals surface area contributed by atoms with Gasteiger partial charge in [0.1, 0.15) is 0 Å². The Bertz CT molecular complexity index is 436. The number of rotatable bonds is 4. The van der Waals surface area contributed by atoms with Crippen molar-refractivity contribution in [1.82, 2.24) is 10.3 Å². The van der Waals surface area contributed by atoms with Gasteiger partial charge in [-0.25, -0.2) is 0 Å². The Morgan fingerprint density at radius 1 is 1.24 bits per heavy atom. The van der Waals surface area contributed by atoms with Gasteiger partial charge in [0.05, 0.1) is 0 Å². The third-order valence-electron chi connectivity index (χ3n) is 4.56. The lowest BCUT2D eigenvalue weighted by molar-refractivity contribution is 0.173. The molecular weight excluding hydrogens is 324 g/mol. The van der Waals surface area contributed by atoms with E-state index in [1.54, 1.807) is 0 Å². The number of nitrogens with one attached hydrogen (secondary N) is 1. The van der Waals surface area contributed by atoms with Crippen molar-refractivity contribution in [3.8, 4) is 0 Å². The summed E-state index contributed by atoms with van der Waals surface area (Å²) in [6.07, 6.45) is 7.11. The third-order valence-corrected chi connectivity index (χ3v) is 5.03. The van der Waals surface area contributed by atoms with Crippen molar-refractivity contribution in [2.24, 2.45) is 17.8 Å². The van der Waals surface area contributed by atoms with Crippen molar-refractivity contribution in [2.45, 2.75) is 58.9 Å². The molecule has 1 aliphatic rings. The summed E-state index contributed by atoms with van der Waals surface area (Å²) in [5.41, 5.74) is 1.45. The van der Waals surface area contributed by atoms with Crippen molar-refractivity contribution in [3.63, 3.8) is 0 Å². The van der Waals surface area contributed by atoms with Crippen LogP contribution in [0.4, 0.5) is 0 Å². The van der Waals surface area contributed by atoms with Crippen LogP contribution in [-0.4, -0.2) is 17.1 Å². The molecule has 1 aromatic heterocycles. The Morgan fingerprint density at radius 2 is 2.00 bits per heavy atom. The molecule has 0 aromatic carbocycles. The van der Waals surface area contributed by atoms with Crippen LogP contribution in [0.3, 0.4) is 0 Å². The lowest BCUT2D eigenvalue weighted by Gasteiger charge is -2.36. The Labute approximate surface area is 138 Å². The molecule has 1 fully saturated rings. The Morgan fingerprint density at radius 3 is 2.62 bits per heavy atom. The van der Waals surface area contributed by atoms with Crippen LogP contribution >= 0.6 is 15.9 Å². The third kappa shape index (κ3) is 5.71. The molecular formula is C18H29BrN2. The molecule has 0 spiro atoms. The summed E-state index contributed by atoms with van der Waals surface area (Å²) in [7, 11) is 0. The highest BCUT2D eigenvalue weighted by Crippen LogP contribution is 2.35. The van der Waals surface area contributed by atoms with Gasteiger partial charge in [-0.1, -0.05) is 13.3 Å². The predicted molar refractivity (Wildman–Crippen MR) is 93.4 cm³/mol. The lowest BCUT2D eigenvalue weighted by Crippen LogP contribution is -2.42. The van der Waals surface area contributed by atoms with Crippen LogP contribution in [0.5, 0.6) is 0 Å². The fourth-order valence-corrected chi connectivity index (χ4v) is 3.55. The molecule has 1 aliphatic carbocycles. The minimum absolute atomic E-state index is 0.212. The van der Waals surface area contributed by atoms with Gasteiger partial charge >= 0.3 is 0 Å². The summed E-state index contributed by atoms with van der Waals surface area (Å²) in [4.78, 5) is 4.57. The second-order valence-electron chi connectivity index (χ2n) is 7.74. The molecule has 3 heteroatoms. The number of aromatic nitrogens is 1. The molecule has 1 saturated carbocycles. The van der Waals surface area contributed by atoms with Crippen LogP contribution in [0.2, 0.25) is 0 Å².